The van der Waals surface area contributed by atoms with E-state index in [1.807, 2.05) is 48.5 Å². The first-order chi connectivity index (χ1) is 15.6. The van der Waals surface area contributed by atoms with Crippen LogP contribution in [-0.4, -0.2) is 12.9 Å². The summed E-state index contributed by atoms with van der Waals surface area (Å²) in [4.78, 5) is 13.6. The quantitative estimate of drug-likeness (QED) is 0.482. The smallest absolute Gasteiger partial charge is 0.163 e. The van der Waals surface area contributed by atoms with E-state index >= 15 is 0 Å². The molecule has 1 aliphatic heterocycles. The van der Waals surface area contributed by atoms with Gasteiger partial charge in [0, 0.05) is 34.2 Å². The predicted octanol–water partition coefficient (Wildman–Crippen LogP) is 6.47. The van der Waals surface area contributed by atoms with Gasteiger partial charge in [0.25, 0.3) is 0 Å². The van der Waals surface area contributed by atoms with Gasteiger partial charge in [-0.15, -0.1) is 0 Å². The largest absolute Gasteiger partial charge is 0.496 e. The minimum absolute atomic E-state index is 0.0423. The number of methoxy groups -OCH3 is 1. The Morgan fingerprint density at radius 2 is 1.72 bits per heavy atom. The van der Waals surface area contributed by atoms with Crippen molar-refractivity contribution in [2.75, 3.05) is 17.7 Å². The van der Waals surface area contributed by atoms with Crippen LogP contribution >= 0.6 is 11.6 Å². The topological polar surface area (TPSA) is 50.4 Å². The maximum absolute atomic E-state index is 15.0. The summed E-state index contributed by atoms with van der Waals surface area (Å²) in [6, 6.07) is 19.3. The summed E-state index contributed by atoms with van der Waals surface area (Å²) in [6.07, 6.45) is 0.904. The van der Waals surface area contributed by atoms with Crippen LogP contribution in [0.1, 0.15) is 35.9 Å². The lowest BCUT2D eigenvalue weighted by atomic mass is 9.78. The minimum Gasteiger partial charge on any atom is -0.496 e. The Hall–Kier alpha value is -3.31. The van der Waals surface area contributed by atoms with E-state index < -0.39 is 11.9 Å². The molecule has 162 valence electrons. The van der Waals surface area contributed by atoms with E-state index in [4.69, 9.17) is 16.3 Å². The fourth-order valence-corrected chi connectivity index (χ4v) is 4.99. The number of benzene rings is 3. The average molecular weight is 449 g/mol. The number of carbonyl (C=O) groups excluding carboxylic acids is 1. The van der Waals surface area contributed by atoms with Crippen molar-refractivity contribution in [3.63, 3.8) is 0 Å². The molecule has 0 bridgehead atoms. The van der Waals surface area contributed by atoms with Crippen molar-refractivity contribution >= 4 is 28.8 Å². The molecule has 1 aliphatic carbocycles. The molecule has 0 radical (unpaired) electrons. The fourth-order valence-electron chi connectivity index (χ4n) is 4.72. The first kappa shape index (κ1) is 20.6. The fraction of sp³-hybridized carbons (Fsp3) is 0.192. The van der Waals surface area contributed by atoms with E-state index in [9.17, 15) is 9.18 Å². The lowest BCUT2D eigenvalue weighted by Gasteiger charge is -2.30. The van der Waals surface area contributed by atoms with Crippen LogP contribution in [0.3, 0.4) is 0 Å². The second-order valence-corrected chi connectivity index (χ2v) is 8.45. The minimum atomic E-state index is -0.694. The van der Waals surface area contributed by atoms with Crippen molar-refractivity contribution in [2.24, 2.45) is 0 Å². The highest BCUT2D eigenvalue weighted by Gasteiger charge is 2.38. The van der Waals surface area contributed by atoms with Crippen LogP contribution < -0.4 is 15.4 Å². The molecule has 2 unspecified atom stereocenters. The third-order valence-corrected chi connectivity index (χ3v) is 6.51. The maximum atomic E-state index is 15.0. The number of rotatable bonds is 3. The van der Waals surface area contributed by atoms with Crippen LogP contribution in [0.25, 0.3) is 0 Å². The van der Waals surface area contributed by atoms with Crippen molar-refractivity contribution in [3.05, 3.63) is 100.0 Å². The Bertz CT molecular complexity index is 1220. The number of halogens is 2. The zero-order valence-corrected chi connectivity index (χ0v) is 18.2. The monoisotopic (exact) mass is 448 g/mol. The van der Waals surface area contributed by atoms with Gasteiger partial charge in [0.15, 0.2) is 5.78 Å². The lowest BCUT2D eigenvalue weighted by molar-refractivity contribution is -0.116. The number of nitrogens with one attached hydrogen (secondary N) is 2. The first-order valence-corrected chi connectivity index (χ1v) is 10.9. The van der Waals surface area contributed by atoms with Gasteiger partial charge < -0.3 is 15.4 Å². The number of hydrogen-bond donors (Lipinski definition) is 2. The van der Waals surface area contributed by atoms with Crippen molar-refractivity contribution < 1.29 is 13.9 Å². The first-order valence-electron chi connectivity index (χ1n) is 10.5. The van der Waals surface area contributed by atoms with Crippen LogP contribution in [0.5, 0.6) is 5.75 Å². The van der Waals surface area contributed by atoms with Crippen molar-refractivity contribution in [2.45, 2.75) is 24.8 Å². The molecule has 2 atom stereocenters. The number of hydrogen-bond acceptors (Lipinski definition) is 4. The maximum Gasteiger partial charge on any atom is 0.163 e. The zero-order chi connectivity index (χ0) is 22.2. The van der Waals surface area contributed by atoms with Gasteiger partial charge in [-0.1, -0.05) is 48.0 Å². The zero-order valence-electron chi connectivity index (χ0n) is 17.5. The van der Waals surface area contributed by atoms with Gasteiger partial charge in [0.05, 0.1) is 24.5 Å². The number of ketones is 1. The molecule has 0 spiro atoms. The molecule has 2 N–H and O–H groups in total. The van der Waals surface area contributed by atoms with E-state index in [0.29, 0.717) is 18.4 Å². The Labute approximate surface area is 191 Å². The summed E-state index contributed by atoms with van der Waals surface area (Å²) in [5.74, 6) is 0.224. The van der Waals surface area contributed by atoms with Gasteiger partial charge in [0.1, 0.15) is 11.6 Å². The van der Waals surface area contributed by atoms with Gasteiger partial charge in [-0.2, -0.15) is 0 Å². The molecule has 0 aromatic heterocycles. The third kappa shape index (κ3) is 3.53. The number of carbonyl (C=O) groups is 1. The summed E-state index contributed by atoms with van der Waals surface area (Å²) in [7, 11) is 1.63. The van der Waals surface area contributed by atoms with Gasteiger partial charge in [0.2, 0.25) is 0 Å². The van der Waals surface area contributed by atoms with Crippen LogP contribution in [0, 0.1) is 5.82 Å². The second kappa shape index (κ2) is 8.32. The van der Waals surface area contributed by atoms with Gasteiger partial charge in [-0.25, -0.2) is 4.39 Å². The molecule has 4 nitrogen and oxygen atoms in total. The van der Waals surface area contributed by atoms with E-state index in [2.05, 4.69) is 10.6 Å². The number of allylic oxidation sites excluding steroid dienone is 1. The average Bonchev–Trinajstić information content (AvgIpc) is 2.95. The molecule has 0 saturated heterocycles. The van der Waals surface area contributed by atoms with Crippen LogP contribution in [0.2, 0.25) is 5.02 Å². The number of anilines is 2. The van der Waals surface area contributed by atoms with Crippen molar-refractivity contribution in [1.82, 2.24) is 0 Å². The second-order valence-electron chi connectivity index (χ2n) is 8.05. The molecule has 2 aliphatic rings. The molecule has 6 heteroatoms. The van der Waals surface area contributed by atoms with Crippen LogP contribution in [0.15, 0.2) is 78.0 Å². The van der Waals surface area contributed by atoms with Crippen LogP contribution in [-0.2, 0) is 4.79 Å². The van der Waals surface area contributed by atoms with Crippen LogP contribution in [0.4, 0.5) is 15.8 Å². The van der Waals surface area contributed by atoms with E-state index in [1.165, 1.54) is 6.07 Å². The number of Topliss-reactive ketones (excluding diaryl/α,β-unsaturated/α-hetero) is 1. The highest BCUT2D eigenvalue weighted by atomic mass is 35.5. The molecule has 3 aromatic rings. The van der Waals surface area contributed by atoms with E-state index in [-0.39, 0.29) is 22.3 Å². The normalized spacial score (nSPS) is 19.9. The van der Waals surface area contributed by atoms with Gasteiger partial charge in [-0.05, 0) is 42.3 Å². The highest BCUT2D eigenvalue weighted by molar-refractivity contribution is 6.31. The van der Waals surface area contributed by atoms with Gasteiger partial charge in [-0.3, -0.25) is 4.79 Å². The Morgan fingerprint density at radius 3 is 2.50 bits per heavy atom. The van der Waals surface area contributed by atoms with E-state index in [1.54, 1.807) is 19.2 Å². The van der Waals surface area contributed by atoms with Crippen molar-refractivity contribution in [3.8, 4) is 5.75 Å². The summed E-state index contributed by atoms with van der Waals surface area (Å²) in [6.45, 7) is 0. The lowest BCUT2D eigenvalue weighted by Crippen LogP contribution is -2.27. The highest BCUT2D eigenvalue weighted by Crippen LogP contribution is 2.46. The molecular weight excluding hydrogens is 427 g/mol. The Kier molecular flexibility index (Phi) is 5.35. The molecule has 3 aromatic carbocycles. The standard InChI is InChI=1S/C26H22ClFN2O2/c1-32-23-12-5-2-7-16(23)15-13-21-25(22(31)14-15)26(24-17(27)8-6-9-18(24)28)30-20-11-4-3-10-19(20)29-21/h2-12,15,26,29-30H,13-14H2,1H3. The summed E-state index contributed by atoms with van der Waals surface area (Å²) < 4.78 is 20.5. The molecule has 0 fully saturated rings. The number of para-hydroxylation sites is 3. The van der Waals surface area contributed by atoms with E-state index in [0.717, 1.165) is 28.4 Å². The summed E-state index contributed by atoms with van der Waals surface area (Å²) >= 11 is 6.44. The predicted molar refractivity (Wildman–Crippen MR) is 125 cm³/mol. The number of fused-ring (bicyclic) bond motifs is 1. The Morgan fingerprint density at radius 1 is 0.969 bits per heavy atom. The van der Waals surface area contributed by atoms with Crippen molar-refractivity contribution in [1.29, 1.82) is 0 Å². The molecule has 5 rings (SSSR count). The third-order valence-electron chi connectivity index (χ3n) is 6.18. The molecule has 1 heterocycles. The summed E-state index contributed by atoms with van der Waals surface area (Å²) in [5, 5.41) is 7.12. The van der Waals surface area contributed by atoms with Gasteiger partial charge >= 0.3 is 0 Å². The Balaban J connectivity index is 1.66. The molecule has 0 saturated carbocycles. The molecular formula is C26H22ClFN2O2. The SMILES string of the molecule is COc1ccccc1C1CC(=O)C2=C(C1)Nc1ccccc1NC2c1c(F)cccc1Cl. The summed E-state index contributed by atoms with van der Waals surface area (Å²) in [5.41, 5.74) is 4.20. The molecule has 0 amide bonds. The number of ether oxygens (including phenoxy) is 1. The molecule has 32 heavy (non-hydrogen) atoms.